The first kappa shape index (κ1) is 13.9. The van der Waals surface area contributed by atoms with E-state index in [1.807, 2.05) is 29.0 Å². The minimum Gasteiger partial charge on any atom is -0.349 e. The maximum Gasteiger partial charge on any atom is 0.273 e. The molecule has 0 atom stereocenters. The van der Waals surface area contributed by atoms with Crippen LogP contribution in [0.3, 0.4) is 0 Å². The Morgan fingerprint density at radius 1 is 1.27 bits per heavy atom. The van der Waals surface area contributed by atoms with Gasteiger partial charge in [0.2, 0.25) is 0 Å². The molecule has 0 radical (unpaired) electrons. The Kier molecular flexibility index (Phi) is 3.90. The molecule has 0 fully saturated rings. The molecule has 3 aromatic heterocycles. The summed E-state index contributed by atoms with van der Waals surface area (Å²) in [5, 5.41) is 10.3. The van der Waals surface area contributed by atoms with Crippen molar-refractivity contribution in [2.45, 2.75) is 6.54 Å². The van der Waals surface area contributed by atoms with Gasteiger partial charge in [-0.1, -0.05) is 11.3 Å². The molecule has 112 valence electrons. The maximum absolute atomic E-state index is 11.9. The summed E-state index contributed by atoms with van der Waals surface area (Å²) in [5.41, 5.74) is 1.10. The Balaban J connectivity index is 1.61. The number of carbonyl (C=O) groups is 1. The topological polar surface area (TPSA) is 90.5 Å². The largest absolute Gasteiger partial charge is 0.349 e. The highest BCUT2D eigenvalue weighted by molar-refractivity contribution is 5.91. The minimum atomic E-state index is -0.243. The number of amides is 1. The summed E-state index contributed by atoms with van der Waals surface area (Å²) < 4.78 is 3.43. The van der Waals surface area contributed by atoms with E-state index in [4.69, 9.17) is 0 Å². The van der Waals surface area contributed by atoms with Crippen molar-refractivity contribution in [2.24, 2.45) is 7.05 Å². The molecule has 8 nitrogen and oxygen atoms in total. The predicted octanol–water partition coefficient (Wildman–Crippen LogP) is 0.504. The van der Waals surface area contributed by atoms with Crippen LogP contribution in [0.5, 0.6) is 0 Å². The van der Waals surface area contributed by atoms with E-state index >= 15 is 0 Å². The molecule has 0 spiro atoms. The molecule has 8 heteroatoms. The van der Waals surface area contributed by atoms with Gasteiger partial charge in [0.1, 0.15) is 5.69 Å². The van der Waals surface area contributed by atoms with Crippen molar-refractivity contribution in [3.8, 4) is 11.5 Å². The lowest BCUT2D eigenvalue weighted by atomic mass is 10.3. The number of imidazole rings is 1. The Morgan fingerprint density at radius 2 is 2.18 bits per heavy atom. The molecule has 3 rings (SSSR count). The Morgan fingerprint density at radius 3 is 2.91 bits per heavy atom. The molecule has 3 aromatic rings. The number of nitrogens with one attached hydrogen (secondary N) is 1. The fraction of sp³-hybridized carbons (Fsp3) is 0.214. The lowest BCUT2D eigenvalue weighted by molar-refractivity contribution is 0.0947. The van der Waals surface area contributed by atoms with E-state index in [-0.39, 0.29) is 5.91 Å². The number of hydrogen-bond acceptors (Lipinski definition) is 5. The van der Waals surface area contributed by atoms with Crippen molar-refractivity contribution < 1.29 is 4.79 Å². The van der Waals surface area contributed by atoms with Crippen LogP contribution in [-0.2, 0) is 13.6 Å². The number of aromatic nitrogens is 6. The summed E-state index contributed by atoms with van der Waals surface area (Å²) in [6.45, 7) is 1.06. The first-order chi connectivity index (χ1) is 10.7. The zero-order valence-corrected chi connectivity index (χ0v) is 12.0. The second-order valence-corrected chi connectivity index (χ2v) is 4.69. The van der Waals surface area contributed by atoms with E-state index in [1.54, 1.807) is 25.6 Å². The zero-order chi connectivity index (χ0) is 15.4. The number of hydrogen-bond donors (Lipinski definition) is 1. The molecule has 1 N–H and O–H groups in total. The first-order valence-corrected chi connectivity index (χ1v) is 6.81. The van der Waals surface area contributed by atoms with Crippen LogP contribution in [0.25, 0.3) is 11.5 Å². The zero-order valence-electron chi connectivity index (χ0n) is 12.0. The second kappa shape index (κ2) is 6.17. The van der Waals surface area contributed by atoms with Gasteiger partial charge in [-0.05, 0) is 12.1 Å². The first-order valence-electron chi connectivity index (χ1n) is 6.81. The normalized spacial score (nSPS) is 10.6. The molecule has 1 amide bonds. The van der Waals surface area contributed by atoms with Crippen LogP contribution in [0.15, 0.2) is 43.0 Å². The molecule has 3 heterocycles. The molecule has 0 aliphatic heterocycles. The fourth-order valence-corrected chi connectivity index (χ4v) is 2.05. The molecule has 0 aliphatic rings. The molecular weight excluding hydrogens is 282 g/mol. The lowest BCUT2D eigenvalue weighted by Crippen LogP contribution is -2.27. The average molecular weight is 297 g/mol. The van der Waals surface area contributed by atoms with Crippen LogP contribution in [0.1, 0.15) is 10.5 Å². The number of nitrogens with zero attached hydrogens (tertiary/aromatic N) is 6. The van der Waals surface area contributed by atoms with Gasteiger partial charge in [-0.25, -0.2) is 4.98 Å². The van der Waals surface area contributed by atoms with Crippen molar-refractivity contribution in [3.63, 3.8) is 0 Å². The van der Waals surface area contributed by atoms with E-state index in [0.717, 1.165) is 11.5 Å². The van der Waals surface area contributed by atoms with Gasteiger partial charge in [-0.15, -0.1) is 5.10 Å². The highest BCUT2D eigenvalue weighted by Gasteiger charge is 2.10. The maximum atomic E-state index is 11.9. The Hall–Kier alpha value is -3.03. The predicted molar refractivity (Wildman–Crippen MR) is 78.8 cm³/mol. The standard InChI is InChI=1S/C14H15N7O/c1-20-10-12(18-19-20)14(22)17-7-9-21-8-6-16-13(21)11-4-2-3-5-15-11/h2-6,8,10H,7,9H2,1H3,(H,17,22). The van der Waals surface area contributed by atoms with Gasteiger partial charge in [-0.3, -0.25) is 14.5 Å². The minimum absolute atomic E-state index is 0.243. The summed E-state index contributed by atoms with van der Waals surface area (Å²) in [6.07, 6.45) is 6.88. The smallest absolute Gasteiger partial charge is 0.273 e. The van der Waals surface area contributed by atoms with Crippen LogP contribution in [-0.4, -0.2) is 42.0 Å². The molecule has 0 aliphatic carbocycles. The van der Waals surface area contributed by atoms with E-state index in [1.165, 1.54) is 4.68 Å². The summed E-state index contributed by atoms with van der Waals surface area (Å²) >= 11 is 0. The molecule has 0 bridgehead atoms. The third-order valence-electron chi connectivity index (χ3n) is 3.08. The monoisotopic (exact) mass is 297 g/mol. The lowest BCUT2D eigenvalue weighted by Gasteiger charge is -2.08. The van der Waals surface area contributed by atoms with Gasteiger partial charge < -0.3 is 9.88 Å². The van der Waals surface area contributed by atoms with E-state index in [2.05, 4.69) is 25.6 Å². The van der Waals surface area contributed by atoms with Crippen LogP contribution in [0.4, 0.5) is 0 Å². The van der Waals surface area contributed by atoms with Gasteiger partial charge in [0.15, 0.2) is 11.5 Å². The molecule has 0 aromatic carbocycles. The van der Waals surface area contributed by atoms with Crippen LogP contribution in [0.2, 0.25) is 0 Å². The van der Waals surface area contributed by atoms with Crippen LogP contribution < -0.4 is 5.32 Å². The van der Waals surface area contributed by atoms with Gasteiger partial charge in [0, 0.05) is 38.7 Å². The third-order valence-corrected chi connectivity index (χ3v) is 3.08. The molecule has 0 saturated carbocycles. The number of pyridine rings is 1. The summed E-state index contributed by atoms with van der Waals surface area (Å²) in [6, 6.07) is 5.67. The Labute approximate surface area is 126 Å². The summed E-state index contributed by atoms with van der Waals surface area (Å²) in [7, 11) is 1.72. The van der Waals surface area contributed by atoms with Crippen molar-refractivity contribution in [1.29, 1.82) is 0 Å². The SMILES string of the molecule is Cn1cc(C(=O)NCCn2ccnc2-c2ccccn2)nn1. The number of carbonyl (C=O) groups excluding carboxylic acids is 1. The summed E-state index contributed by atoms with van der Waals surface area (Å²) in [5.74, 6) is 0.530. The highest BCUT2D eigenvalue weighted by Crippen LogP contribution is 2.13. The van der Waals surface area contributed by atoms with Crippen molar-refractivity contribution in [1.82, 2.24) is 34.8 Å². The van der Waals surface area contributed by atoms with Gasteiger partial charge >= 0.3 is 0 Å². The van der Waals surface area contributed by atoms with Crippen molar-refractivity contribution in [2.75, 3.05) is 6.54 Å². The van der Waals surface area contributed by atoms with Crippen LogP contribution in [0, 0.1) is 0 Å². The number of rotatable bonds is 5. The quantitative estimate of drug-likeness (QED) is 0.740. The molecule has 0 unspecified atom stereocenters. The van der Waals surface area contributed by atoms with Gasteiger partial charge in [0.05, 0.1) is 6.20 Å². The van der Waals surface area contributed by atoms with E-state index in [0.29, 0.717) is 18.8 Å². The molecule has 22 heavy (non-hydrogen) atoms. The average Bonchev–Trinajstić information content (AvgIpc) is 3.17. The van der Waals surface area contributed by atoms with Crippen molar-refractivity contribution >= 4 is 5.91 Å². The van der Waals surface area contributed by atoms with Gasteiger partial charge in [-0.2, -0.15) is 0 Å². The number of aryl methyl sites for hydroxylation is 1. The second-order valence-electron chi connectivity index (χ2n) is 4.69. The summed E-state index contributed by atoms with van der Waals surface area (Å²) in [4.78, 5) is 20.5. The van der Waals surface area contributed by atoms with E-state index in [9.17, 15) is 4.79 Å². The molecule has 0 saturated heterocycles. The Bertz CT molecular complexity index is 762. The van der Waals surface area contributed by atoms with Gasteiger partial charge in [0.25, 0.3) is 5.91 Å². The highest BCUT2D eigenvalue weighted by atomic mass is 16.2. The van der Waals surface area contributed by atoms with Crippen LogP contribution >= 0.6 is 0 Å². The van der Waals surface area contributed by atoms with E-state index < -0.39 is 0 Å². The fourth-order valence-electron chi connectivity index (χ4n) is 2.05. The third kappa shape index (κ3) is 3.00. The van der Waals surface area contributed by atoms with Crippen molar-refractivity contribution in [3.05, 3.63) is 48.7 Å². The molecular formula is C14H15N7O.